The zero-order chi connectivity index (χ0) is 29.0. The molecule has 0 saturated carbocycles. The van der Waals surface area contributed by atoms with Gasteiger partial charge in [-0.05, 0) is 87.7 Å². The van der Waals surface area contributed by atoms with E-state index in [2.05, 4.69) is 9.97 Å². The van der Waals surface area contributed by atoms with E-state index in [-0.39, 0.29) is 11.7 Å². The summed E-state index contributed by atoms with van der Waals surface area (Å²) in [5, 5.41) is 7.56. The van der Waals surface area contributed by atoms with Crippen LogP contribution in [-0.4, -0.2) is 30.3 Å². The number of ether oxygens (including phenoxy) is 1. The van der Waals surface area contributed by atoms with Crippen molar-refractivity contribution in [2.75, 3.05) is 5.73 Å². The van der Waals surface area contributed by atoms with Crippen molar-refractivity contribution < 1.29 is 9.13 Å². The number of thiazole rings is 1. The number of fused-ring (bicyclic) bond motifs is 2. The number of nitrogens with two attached hydrogens (primary N) is 1. The lowest BCUT2D eigenvalue weighted by molar-refractivity contribution is 0.241. The Hall–Kier alpha value is -4.57. The van der Waals surface area contributed by atoms with Crippen LogP contribution in [0.15, 0.2) is 65.0 Å². The third kappa shape index (κ3) is 4.54. The smallest absolute Gasteiger partial charge is 0.264 e. The molecule has 0 aliphatic heterocycles. The molecule has 0 aliphatic rings. The van der Waals surface area contributed by atoms with Crippen LogP contribution in [0.1, 0.15) is 43.6 Å². The number of halogens is 1. The SMILES string of the molecule is Cc1cc(-c2nn([C@@H](C)c3cc4scc(C)n4c(=O)c3-c3cccc(F)c3)c3ncnc(N)c23)ccc1OC(C)C. The highest BCUT2D eigenvalue weighted by Crippen LogP contribution is 2.37. The summed E-state index contributed by atoms with van der Waals surface area (Å²) in [4.78, 5) is 23.5. The van der Waals surface area contributed by atoms with E-state index >= 15 is 0 Å². The molecule has 2 aromatic carbocycles. The van der Waals surface area contributed by atoms with E-state index in [1.165, 1.54) is 29.8 Å². The van der Waals surface area contributed by atoms with Crippen LogP contribution in [0, 0.1) is 19.7 Å². The van der Waals surface area contributed by atoms with Crippen molar-refractivity contribution in [2.45, 2.75) is 46.8 Å². The molecule has 10 heteroatoms. The molecule has 0 amide bonds. The van der Waals surface area contributed by atoms with Crippen molar-refractivity contribution in [3.8, 4) is 28.1 Å². The molecule has 8 nitrogen and oxygen atoms in total. The van der Waals surface area contributed by atoms with Crippen LogP contribution in [0.25, 0.3) is 38.2 Å². The topological polar surface area (TPSA) is 100 Å². The van der Waals surface area contributed by atoms with Gasteiger partial charge in [0.25, 0.3) is 5.56 Å². The van der Waals surface area contributed by atoms with Gasteiger partial charge in [0, 0.05) is 16.6 Å². The Morgan fingerprint density at radius 1 is 1.02 bits per heavy atom. The van der Waals surface area contributed by atoms with Crippen LogP contribution < -0.4 is 16.0 Å². The molecule has 0 saturated heterocycles. The molecule has 1 atom stereocenters. The quantitative estimate of drug-likeness (QED) is 0.244. The first kappa shape index (κ1) is 26.6. The largest absolute Gasteiger partial charge is 0.491 e. The fourth-order valence-corrected chi connectivity index (χ4v) is 6.19. The molecule has 208 valence electrons. The number of aromatic nitrogens is 5. The Morgan fingerprint density at radius 2 is 1.83 bits per heavy atom. The zero-order valence-corrected chi connectivity index (χ0v) is 24.2. The molecule has 0 spiro atoms. The average molecular weight is 569 g/mol. The first-order valence-corrected chi connectivity index (χ1v) is 14.2. The molecule has 0 fully saturated rings. The first-order valence-electron chi connectivity index (χ1n) is 13.3. The molecule has 4 heterocycles. The predicted molar refractivity (Wildman–Crippen MR) is 161 cm³/mol. The van der Waals surface area contributed by atoms with Gasteiger partial charge in [-0.3, -0.25) is 9.20 Å². The number of nitrogen functional groups attached to an aromatic ring is 1. The number of anilines is 1. The maximum absolute atomic E-state index is 14.4. The average Bonchev–Trinajstić information content (AvgIpc) is 3.51. The fourth-order valence-electron chi connectivity index (χ4n) is 5.27. The van der Waals surface area contributed by atoms with E-state index in [0.717, 1.165) is 27.4 Å². The van der Waals surface area contributed by atoms with E-state index < -0.39 is 11.9 Å². The number of hydrogen-bond donors (Lipinski definition) is 1. The van der Waals surface area contributed by atoms with Crippen molar-refractivity contribution >= 4 is 33.0 Å². The molecular formula is C31H29FN6O2S. The summed E-state index contributed by atoms with van der Waals surface area (Å²) in [7, 11) is 0. The maximum atomic E-state index is 14.4. The van der Waals surface area contributed by atoms with Gasteiger partial charge < -0.3 is 10.5 Å². The van der Waals surface area contributed by atoms with Gasteiger partial charge in [-0.1, -0.05) is 12.1 Å². The summed E-state index contributed by atoms with van der Waals surface area (Å²) >= 11 is 1.48. The normalized spacial score (nSPS) is 12.5. The number of pyridine rings is 1. The Morgan fingerprint density at radius 3 is 2.56 bits per heavy atom. The van der Waals surface area contributed by atoms with Crippen LogP contribution in [0.5, 0.6) is 5.75 Å². The van der Waals surface area contributed by atoms with Gasteiger partial charge >= 0.3 is 0 Å². The highest BCUT2D eigenvalue weighted by molar-refractivity contribution is 7.15. The van der Waals surface area contributed by atoms with Gasteiger partial charge in [0.15, 0.2) is 5.65 Å². The minimum atomic E-state index is -0.455. The lowest BCUT2D eigenvalue weighted by Gasteiger charge is -2.18. The fraction of sp³-hybridized carbons (Fsp3) is 0.226. The monoisotopic (exact) mass is 568 g/mol. The number of aryl methyl sites for hydroxylation is 2. The summed E-state index contributed by atoms with van der Waals surface area (Å²) in [5.41, 5.74) is 11.6. The third-order valence-corrected chi connectivity index (χ3v) is 8.17. The van der Waals surface area contributed by atoms with Crippen molar-refractivity contribution in [3.05, 3.63) is 93.2 Å². The molecule has 6 aromatic rings. The molecule has 0 bridgehead atoms. The summed E-state index contributed by atoms with van der Waals surface area (Å²) < 4.78 is 23.7. The second kappa shape index (κ2) is 10.1. The molecular weight excluding hydrogens is 539 g/mol. The van der Waals surface area contributed by atoms with Crippen molar-refractivity contribution in [3.63, 3.8) is 0 Å². The van der Waals surface area contributed by atoms with Gasteiger partial charge in [0.2, 0.25) is 0 Å². The van der Waals surface area contributed by atoms with Gasteiger partial charge in [-0.2, -0.15) is 5.10 Å². The first-order chi connectivity index (χ1) is 19.6. The van der Waals surface area contributed by atoms with Crippen LogP contribution in [0.4, 0.5) is 10.2 Å². The molecule has 6 rings (SSSR count). The van der Waals surface area contributed by atoms with E-state index in [9.17, 15) is 9.18 Å². The van der Waals surface area contributed by atoms with Crippen LogP contribution in [-0.2, 0) is 0 Å². The molecule has 0 unspecified atom stereocenters. The Bertz CT molecular complexity index is 2010. The number of rotatable bonds is 6. The van der Waals surface area contributed by atoms with Crippen molar-refractivity contribution in [1.29, 1.82) is 0 Å². The second-order valence-electron chi connectivity index (χ2n) is 10.4. The van der Waals surface area contributed by atoms with Gasteiger partial charge in [0.1, 0.15) is 34.2 Å². The minimum absolute atomic E-state index is 0.0466. The van der Waals surface area contributed by atoms with Crippen LogP contribution in [0.3, 0.4) is 0 Å². The van der Waals surface area contributed by atoms with E-state index in [1.54, 1.807) is 21.2 Å². The zero-order valence-electron chi connectivity index (χ0n) is 23.3. The number of hydrogen-bond acceptors (Lipinski definition) is 7. The van der Waals surface area contributed by atoms with Crippen LogP contribution in [0.2, 0.25) is 0 Å². The highest BCUT2D eigenvalue weighted by Gasteiger charge is 2.26. The lowest BCUT2D eigenvalue weighted by Crippen LogP contribution is -2.21. The van der Waals surface area contributed by atoms with Gasteiger partial charge in [-0.15, -0.1) is 11.3 Å². The maximum Gasteiger partial charge on any atom is 0.264 e. The minimum Gasteiger partial charge on any atom is -0.491 e. The molecule has 0 aliphatic carbocycles. The second-order valence-corrected chi connectivity index (χ2v) is 11.3. The van der Waals surface area contributed by atoms with Crippen LogP contribution >= 0.6 is 11.3 Å². The van der Waals surface area contributed by atoms with Crippen molar-refractivity contribution in [2.24, 2.45) is 0 Å². The predicted octanol–water partition coefficient (Wildman–Crippen LogP) is 6.57. The van der Waals surface area contributed by atoms with Crippen molar-refractivity contribution in [1.82, 2.24) is 24.1 Å². The summed E-state index contributed by atoms with van der Waals surface area (Å²) in [5.74, 6) is 0.684. The molecule has 41 heavy (non-hydrogen) atoms. The standard InChI is InChI=1S/C31H29FN6O2S/c1-16(2)40-24-10-9-21(11-17(24)3)28-27-29(33)34-15-35-30(27)38(36-28)19(5)23-13-25-37(18(4)14-41-25)31(39)26(23)20-7-6-8-22(32)12-20/h6-16,19H,1-5H3,(H2,33,34,35)/t19-/m0/s1. The summed E-state index contributed by atoms with van der Waals surface area (Å²) in [6.07, 6.45) is 1.45. The lowest BCUT2D eigenvalue weighted by atomic mass is 9.97. The van der Waals surface area contributed by atoms with Gasteiger partial charge in [0.05, 0.1) is 23.1 Å². The van der Waals surface area contributed by atoms with Gasteiger partial charge in [-0.25, -0.2) is 19.0 Å². The molecule has 0 radical (unpaired) electrons. The molecule has 4 aromatic heterocycles. The summed E-state index contributed by atoms with van der Waals surface area (Å²) in [6.45, 7) is 9.80. The number of benzene rings is 2. The van der Waals surface area contributed by atoms with E-state index in [4.69, 9.17) is 15.6 Å². The highest BCUT2D eigenvalue weighted by atomic mass is 32.1. The Kier molecular flexibility index (Phi) is 6.57. The summed E-state index contributed by atoms with van der Waals surface area (Å²) in [6, 6.07) is 13.5. The Labute approximate surface area is 239 Å². The Balaban J connectivity index is 1.59. The molecule has 2 N–H and O–H groups in total. The third-order valence-electron chi connectivity index (χ3n) is 7.17. The van der Waals surface area contributed by atoms with E-state index in [1.807, 2.05) is 64.3 Å². The van der Waals surface area contributed by atoms with E-state index in [0.29, 0.717) is 39.2 Å². The number of nitrogens with zero attached hydrogens (tertiary/aromatic N) is 5.